The van der Waals surface area contributed by atoms with Crippen LogP contribution in [0.1, 0.15) is 23.7 Å². The minimum absolute atomic E-state index is 0. The molecule has 2 heterocycles. The van der Waals surface area contributed by atoms with Crippen LogP contribution < -0.4 is 5.32 Å². The molecule has 6 nitrogen and oxygen atoms in total. The smallest absolute Gasteiger partial charge is 0.244 e. The number of nitrogens with zero attached hydrogens (tertiary/aromatic N) is 4. The van der Waals surface area contributed by atoms with Crippen LogP contribution in [0.2, 0.25) is 0 Å². The van der Waals surface area contributed by atoms with Gasteiger partial charge < -0.3 is 19.7 Å². The highest BCUT2D eigenvalue weighted by atomic mass is 127. The van der Waals surface area contributed by atoms with Crippen molar-refractivity contribution in [2.24, 2.45) is 12.0 Å². The van der Waals surface area contributed by atoms with Crippen LogP contribution in [0, 0.1) is 0 Å². The van der Waals surface area contributed by atoms with Gasteiger partial charge in [0.2, 0.25) is 5.91 Å². The molecule has 1 aromatic heterocycles. The number of carbonyl (C=O) groups excluding carboxylic acids is 1. The van der Waals surface area contributed by atoms with E-state index in [0.717, 1.165) is 29.9 Å². The van der Waals surface area contributed by atoms with E-state index in [4.69, 9.17) is 0 Å². The minimum Gasteiger partial charge on any atom is -0.357 e. The number of guanidine groups is 1. The maximum Gasteiger partial charge on any atom is 0.244 e. The Balaban J connectivity index is 0.00000300. The zero-order chi connectivity index (χ0) is 20.1. The third kappa shape index (κ3) is 6.21. The lowest BCUT2D eigenvalue weighted by molar-refractivity contribution is -0.130. The SMILES string of the molecule is CCNC(=NCC(=O)N1CCc2ccccc2C1)N(C)Cc1cc(Br)cn1C.I. The second-order valence-electron chi connectivity index (χ2n) is 7.12. The molecule has 1 aliphatic rings. The molecule has 158 valence electrons. The van der Waals surface area contributed by atoms with Gasteiger partial charge in [-0.15, -0.1) is 24.0 Å². The summed E-state index contributed by atoms with van der Waals surface area (Å²) in [4.78, 5) is 21.3. The summed E-state index contributed by atoms with van der Waals surface area (Å²) in [5.41, 5.74) is 3.75. The second kappa shape index (κ2) is 11.0. The number of fused-ring (bicyclic) bond motifs is 1. The summed E-state index contributed by atoms with van der Waals surface area (Å²) in [6.07, 6.45) is 2.94. The van der Waals surface area contributed by atoms with Crippen molar-refractivity contribution in [2.75, 3.05) is 26.7 Å². The maximum absolute atomic E-state index is 12.7. The fraction of sp³-hybridized carbons (Fsp3) is 0.429. The Labute approximate surface area is 198 Å². The highest BCUT2D eigenvalue weighted by molar-refractivity contribution is 14.0. The Morgan fingerprint density at radius 2 is 2.03 bits per heavy atom. The average Bonchev–Trinajstić information content (AvgIpc) is 3.01. The maximum atomic E-state index is 12.7. The molecule has 0 atom stereocenters. The zero-order valence-electron chi connectivity index (χ0n) is 17.2. The molecule has 8 heteroatoms. The lowest BCUT2D eigenvalue weighted by Gasteiger charge is -2.29. The number of amides is 1. The van der Waals surface area contributed by atoms with E-state index < -0.39 is 0 Å². The summed E-state index contributed by atoms with van der Waals surface area (Å²) >= 11 is 3.51. The molecule has 1 aromatic carbocycles. The molecule has 0 unspecified atom stereocenters. The molecule has 0 saturated carbocycles. The topological polar surface area (TPSA) is 52.9 Å². The van der Waals surface area contributed by atoms with Crippen LogP contribution in [0.4, 0.5) is 0 Å². The molecule has 3 rings (SSSR count). The Morgan fingerprint density at radius 1 is 1.31 bits per heavy atom. The number of carbonyl (C=O) groups is 1. The van der Waals surface area contributed by atoms with E-state index in [0.29, 0.717) is 13.1 Å². The molecule has 0 radical (unpaired) electrons. The van der Waals surface area contributed by atoms with E-state index >= 15 is 0 Å². The fourth-order valence-corrected chi connectivity index (χ4v) is 4.03. The van der Waals surface area contributed by atoms with Gasteiger partial charge in [-0.05, 0) is 46.5 Å². The van der Waals surface area contributed by atoms with E-state index in [1.807, 2.05) is 43.1 Å². The average molecular weight is 574 g/mol. The Hall–Kier alpha value is -1.55. The number of hydrogen-bond acceptors (Lipinski definition) is 2. The summed E-state index contributed by atoms with van der Waals surface area (Å²) in [5, 5.41) is 3.29. The molecule has 1 N–H and O–H groups in total. The van der Waals surface area contributed by atoms with Gasteiger partial charge in [-0.2, -0.15) is 0 Å². The molecule has 0 fully saturated rings. The van der Waals surface area contributed by atoms with Crippen molar-refractivity contribution in [3.05, 3.63) is 57.8 Å². The number of aryl methyl sites for hydroxylation is 1. The third-order valence-corrected chi connectivity index (χ3v) is 5.45. The van der Waals surface area contributed by atoms with E-state index in [2.05, 4.69) is 55.1 Å². The normalized spacial score (nSPS) is 13.5. The van der Waals surface area contributed by atoms with Crippen molar-refractivity contribution in [1.29, 1.82) is 0 Å². The predicted octanol–water partition coefficient (Wildman–Crippen LogP) is 3.39. The Bertz CT molecular complexity index is 867. The number of hydrogen-bond donors (Lipinski definition) is 1. The molecule has 0 spiro atoms. The van der Waals surface area contributed by atoms with Crippen LogP contribution in [-0.2, 0) is 31.4 Å². The van der Waals surface area contributed by atoms with E-state index in [1.165, 1.54) is 16.8 Å². The molecular formula is C21H29BrIN5O. The van der Waals surface area contributed by atoms with Crippen LogP contribution in [0.15, 0.2) is 46.0 Å². The lowest BCUT2D eigenvalue weighted by atomic mass is 10.00. The van der Waals surface area contributed by atoms with Crippen LogP contribution in [-0.4, -0.2) is 52.9 Å². The number of halogens is 2. The predicted molar refractivity (Wildman–Crippen MR) is 132 cm³/mol. The van der Waals surface area contributed by atoms with Crippen LogP contribution in [0.25, 0.3) is 0 Å². The molecular weight excluding hydrogens is 545 g/mol. The number of aliphatic imine (C=N–C) groups is 1. The van der Waals surface area contributed by atoms with Gasteiger partial charge in [0.1, 0.15) is 6.54 Å². The standard InChI is InChI=1S/C21H28BrN5O.HI/c1-4-23-21(26(3)15-19-11-18(22)14-25(19)2)24-12-20(28)27-10-9-16-7-5-6-8-17(16)13-27;/h5-8,11,14H,4,9-10,12-13,15H2,1-3H3,(H,23,24);1H. The number of aromatic nitrogens is 1. The zero-order valence-corrected chi connectivity index (χ0v) is 21.1. The molecule has 1 aliphatic heterocycles. The quantitative estimate of drug-likeness (QED) is 0.339. The summed E-state index contributed by atoms with van der Waals surface area (Å²) in [6.45, 7) is 5.09. The van der Waals surface area contributed by atoms with Crippen molar-refractivity contribution >= 4 is 51.8 Å². The third-order valence-electron chi connectivity index (χ3n) is 5.02. The van der Waals surface area contributed by atoms with Crippen molar-refractivity contribution < 1.29 is 4.79 Å². The first-order valence-corrected chi connectivity index (χ1v) is 10.4. The molecule has 2 aromatic rings. The first-order valence-electron chi connectivity index (χ1n) is 9.62. The van der Waals surface area contributed by atoms with Crippen LogP contribution >= 0.6 is 39.9 Å². The molecule has 29 heavy (non-hydrogen) atoms. The van der Waals surface area contributed by atoms with E-state index in [-0.39, 0.29) is 36.4 Å². The minimum atomic E-state index is 0. The van der Waals surface area contributed by atoms with Crippen molar-refractivity contribution in [3.8, 4) is 0 Å². The van der Waals surface area contributed by atoms with Gasteiger partial charge in [-0.1, -0.05) is 24.3 Å². The molecule has 1 amide bonds. The Kier molecular flexibility index (Phi) is 9.01. The van der Waals surface area contributed by atoms with Crippen LogP contribution in [0.5, 0.6) is 0 Å². The lowest BCUT2D eigenvalue weighted by Crippen LogP contribution is -2.41. The van der Waals surface area contributed by atoms with Gasteiger partial charge in [-0.3, -0.25) is 4.79 Å². The van der Waals surface area contributed by atoms with Gasteiger partial charge in [0.25, 0.3) is 0 Å². The van der Waals surface area contributed by atoms with Gasteiger partial charge in [0.15, 0.2) is 5.96 Å². The first-order chi connectivity index (χ1) is 13.5. The number of rotatable bonds is 5. The van der Waals surface area contributed by atoms with Gasteiger partial charge >= 0.3 is 0 Å². The van der Waals surface area contributed by atoms with Gasteiger partial charge in [-0.25, -0.2) is 4.99 Å². The van der Waals surface area contributed by atoms with Crippen molar-refractivity contribution in [3.63, 3.8) is 0 Å². The van der Waals surface area contributed by atoms with Gasteiger partial charge in [0.05, 0.1) is 6.54 Å². The highest BCUT2D eigenvalue weighted by Crippen LogP contribution is 2.18. The Morgan fingerprint density at radius 3 is 2.69 bits per heavy atom. The summed E-state index contributed by atoms with van der Waals surface area (Å²) in [6, 6.07) is 10.4. The van der Waals surface area contributed by atoms with E-state index in [9.17, 15) is 4.79 Å². The second-order valence-corrected chi connectivity index (χ2v) is 8.04. The highest BCUT2D eigenvalue weighted by Gasteiger charge is 2.20. The van der Waals surface area contributed by atoms with E-state index in [1.54, 1.807) is 0 Å². The number of nitrogens with one attached hydrogen (secondary N) is 1. The van der Waals surface area contributed by atoms with Crippen LogP contribution in [0.3, 0.4) is 0 Å². The molecule has 0 saturated heterocycles. The fourth-order valence-electron chi connectivity index (χ4n) is 3.46. The van der Waals surface area contributed by atoms with Crippen molar-refractivity contribution in [2.45, 2.75) is 26.4 Å². The monoisotopic (exact) mass is 573 g/mol. The number of benzene rings is 1. The van der Waals surface area contributed by atoms with Gasteiger partial charge in [0, 0.05) is 50.1 Å². The molecule has 0 aliphatic carbocycles. The summed E-state index contributed by atoms with van der Waals surface area (Å²) in [5.74, 6) is 0.811. The summed E-state index contributed by atoms with van der Waals surface area (Å²) < 4.78 is 3.14. The molecule has 0 bridgehead atoms. The first kappa shape index (κ1) is 23.7. The largest absolute Gasteiger partial charge is 0.357 e. The summed E-state index contributed by atoms with van der Waals surface area (Å²) in [7, 11) is 4.01. The van der Waals surface area contributed by atoms with Crippen molar-refractivity contribution in [1.82, 2.24) is 19.7 Å².